The molecule has 1 rings (SSSR count). The van der Waals surface area contributed by atoms with E-state index in [9.17, 15) is 13.9 Å². The lowest BCUT2D eigenvalue weighted by Crippen LogP contribution is -2.29. The van der Waals surface area contributed by atoms with E-state index in [1.54, 1.807) is 26.8 Å². The highest BCUT2D eigenvalue weighted by molar-refractivity contribution is 5.67. The number of nitrogen functional groups attached to an aromatic ring is 1. The molecule has 0 aromatic heterocycles. The van der Waals surface area contributed by atoms with Crippen molar-refractivity contribution in [2.24, 2.45) is 0 Å². The average Bonchev–Trinajstić information content (AvgIpc) is 2.47. The maximum Gasteiger partial charge on any atom is 0.128 e. The van der Waals surface area contributed by atoms with Crippen LogP contribution in [-0.4, -0.2) is 24.4 Å². The number of aryl methyl sites for hydroxylation is 1. The first kappa shape index (κ1) is 24.6. The molecule has 0 aliphatic heterocycles. The van der Waals surface area contributed by atoms with Crippen LogP contribution in [0.5, 0.6) is 0 Å². The molecule has 1 aromatic carbocycles. The number of alkyl halides is 1. The molecule has 0 aliphatic carbocycles. The molecule has 0 saturated heterocycles. The van der Waals surface area contributed by atoms with Crippen molar-refractivity contribution in [3.63, 3.8) is 0 Å². The van der Waals surface area contributed by atoms with Gasteiger partial charge in [-0.2, -0.15) is 0 Å². The first-order chi connectivity index (χ1) is 9.79. The first-order valence-electron chi connectivity index (χ1n) is 7.19. The largest absolute Gasteiger partial charge is 0.397 e. The molecule has 0 spiro atoms. The van der Waals surface area contributed by atoms with Gasteiger partial charge in [0.15, 0.2) is 0 Å². The standard InChI is InChI=1S/C11H17FN2O.2C2H6.CH3F/c1-7-4-9(13)10(5-8(7)12)14-6-11(2,3)15;3*1-2/h4-5,14-15H,6,13H2,1-3H3;2*1-2H3;1H3. The smallest absolute Gasteiger partial charge is 0.128 e. The number of aliphatic hydroxyl groups is 1. The molecule has 5 heteroatoms. The molecule has 0 atom stereocenters. The van der Waals surface area contributed by atoms with Crippen LogP contribution < -0.4 is 11.1 Å². The summed E-state index contributed by atoms with van der Waals surface area (Å²) in [4.78, 5) is 0. The third-order valence-electron chi connectivity index (χ3n) is 2.04. The second-order valence-electron chi connectivity index (χ2n) is 4.35. The van der Waals surface area contributed by atoms with E-state index < -0.39 is 5.60 Å². The summed E-state index contributed by atoms with van der Waals surface area (Å²) in [6, 6.07) is 2.92. The van der Waals surface area contributed by atoms with Gasteiger partial charge >= 0.3 is 0 Å². The molecular weight excluding hydrogens is 274 g/mol. The number of halogens is 2. The maximum atomic E-state index is 13.2. The minimum atomic E-state index is -0.853. The lowest BCUT2D eigenvalue weighted by molar-refractivity contribution is 0.0945. The van der Waals surface area contributed by atoms with Gasteiger partial charge in [-0.25, -0.2) is 4.39 Å². The van der Waals surface area contributed by atoms with Crippen LogP contribution >= 0.6 is 0 Å². The molecule has 126 valence electrons. The number of hydrogen-bond donors (Lipinski definition) is 3. The van der Waals surface area contributed by atoms with E-state index in [4.69, 9.17) is 5.73 Å². The first-order valence-corrected chi connectivity index (χ1v) is 7.19. The van der Waals surface area contributed by atoms with Gasteiger partial charge in [-0.15, -0.1) is 0 Å². The van der Waals surface area contributed by atoms with Gasteiger partial charge in [0, 0.05) is 6.54 Å². The predicted molar refractivity (Wildman–Crippen MR) is 90.1 cm³/mol. The Hall–Kier alpha value is -1.36. The second-order valence-corrected chi connectivity index (χ2v) is 4.35. The van der Waals surface area contributed by atoms with Crippen LogP contribution in [0.3, 0.4) is 0 Å². The van der Waals surface area contributed by atoms with E-state index in [1.807, 2.05) is 27.7 Å². The van der Waals surface area contributed by atoms with E-state index in [2.05, 4.69) is 5.32 Å². The highest BCUT2D eigenvalue weighted by Crippen LogP contribution is 2.22. The third kappa shape index (κ3) is 12.1. The van der Waals surface area contributed by atoms with Gasteiger partial charge < -0.3 is 16.2 Å². The summed E-state index contributed by atoms with van der Waals surface area (Å²) in [6.07, 6.45) is 0. The Morgan fingerprint density at radius 1 is 1.14 bits per heavy atom. The van der Waals surface area contributed by atoms with Crippen molar-refractivity contribution in [2.75, 3.05) is 24.8 Å². The van der Waals surface area contributed by atoms with Crippen molar-refractivity contribution < 1.29 is 13.9 Å². The summed E-state index contributed by atoms with van der Waals surface area (Å²) >= 11 is 0. The lowest BCUT2D eigenvalue weighted by atomic mass is 10.1. The second kappa shape index (κ2) is 13.6. The Balaban J connectivity index is -0.000000478. The zero-order valence-electron chi connectivity index (χ0n) is 14.6. The van der Waals surface area contributed by atoms with Gasteiger partial charge in [0.2, 0.25) is 0 Å². The molecule has 0 fully saturated rings. The highest BCUT2D eigenvalue weighted by Gasteiger charge is 2.13. The van der Waals surface area contributed by atoms with Gasteiger partial charge in [0.05, 0.1) is 24.2 Å². The molecule has 0 radical (unpaired) electrons. The molecule has 0 saturated carbocycles. The fraction of sp³-hybridized carbons (Fsp3) is 0.625. The van der Waals surface area contributed by atoms with Crippen LogP contribution in [0.2, 0.25) is 0 Å². The molecule has 0 heterocycles. The summed E-state index contributed by atoms with van der Waals surface area (Å²) in [6.45, 7) is 13.3. The van der Waals surface area contributed by atoms with Gasteiger partial charge in [-0.3, -0.25) is 4.39 Å². The van der Waals surface area contributed by atoms with E-state index in [0.717, 1.165) is 0 Å². The Morgan fingerprint density at radius 2 is 1.57 bits per heavy atom. The van der Waals surface area contributed by atoms with Crippen molar-refractivity contribution in [2.45, 2.75) is 54.1 Å². The Bertz CT molecular complexity index is 364. The molecule has 21 heavy (non-hydrogen) atoms. The normalized spacial score (nSPS) is 9.10. The highest BCUT2D eigenvalue weighted by atomic mass is 19.1. The van der Waals surface area contributed by atoms with Crippen LogP contribution in [0.1, 0.15) is 47.1 Å². The molecule has 0 amide bonds. The van der Waals surface area contributed by atoms with Crippen molar-refractivity contribution >= 4 is 11.4 Å². The summed E-state index contributed by atoms with van der Waals surface area (Å²) < 4.78 is 22.7. The van der Waals surface area contributed by atoms with Crippen LogP contribution in [0, 0.1) is 12.7 Å². The Labute approximate surface area is 128 Å². The van der Waals surface area contributed by atoms with Crippen molar-refractivity contribution in [3.05, 3.63) is 23.5 Å². The van der Waals surface area contributed by atoms with E-state index in [-0.39, 0.29) is 5.82 Å². The molecular formula is C16H32F2N2O. The number of anilines is 2. The summed E-state index contributed by atoms with van der Waals surface area (Å²) in [5.41, 5.74) is 6.37. The Kier molecular flexibility index (Phi) is 16.0. The fourth-order valence-electron chi connectivity index (χ4n) is 1.17. The van der Waals surface area contributed by atoms with Crippen LogP contribution in [-0.2, 0) is 0 Å². The quantitative estimate of drug-likeness (QED) is 0.719. The molecule has 3 nitrogen and oxygen atoms in total. The molecule has 0 unspecified atom stereocenters. The molecule has 4 N–H and O–H groups in total. The van der Waals surface area contributed by atoms with E-state index in [1.165, 1.54) is 6.07 Å². The van der Waals surface area contributed by atoms with E-state index in [0.29, 0.717) is 30.7 Å². The van der Waals surface area contributed by atoms with E-state index >= 15 is 0 Å². The maximum absolute atomic E-state index is 13.2. The number of nitrogens with one attached hydrogen (secondary N) is 1. The fourth-order valence-corrected chi connectivity index (χ4v) is 1.17. The summed E-state index contributed by atoms with van der Waals surface area (Å²) in [7, 11) is 0.500. The number of benzene rings is 1. The van der Waals surface area contributed by atoms with Crippen LogP contribution in [0.25, 0.3) is 0 Å². The lowest BCUT2D eigenvalue weighted by Gasteiger charge is -2.19. The summed E-state index contributed by atoms with van der Waals surface area (Å²) in [5, 5.41) is 12.4. The van der Waals surface area contributed by atoms with Crippen molar-refractivity contribution in [3.8, 4) is 0 Å². The van der Waals surface area contributed by atoms with Gasteiger partial charge in [0.1, 0.15) is 5.82 Å². The number of hydrogen-bond acceptors (Lipinski definition) is 3. The van der Waals surface area contributed by atoms with Gasteiger partial charge in [-0.05, 0) is 38.5 Å². The van der Waals surface area contributed by atoms with Crippen LogP contribution in [0.4, 0.5) is 20.2 Å². The number of rotatable bonds is 3. The Morgan fingerprint density at radius 3 is 1.95 bits per heavy atom. The van der Waals surface area contributed by atoms with Crippen molar-refractivity contribution in [1.29, 1.82) is 0 Å². The van der Waals surface area contributed by atoms with Crippen molar-refractivity contribution in [1.82, 2.24) is 0 Å². The van der Waals surface area contributed by atoms with Crippen LogP contribution in [0.15, 0.2) is 12.1 Å². The zero-order chi connectivity index (χ0) is 17.6. The van der Waals surface area contributed by atoms with Gasteiger partial charge in [0.25, 0.3) is 0 Å². The minimum Gasteiger partial charge on any atom is -0.397 e. The molecule has 1 aromatic rings. The number of nitrogens with two attached hydrogens (primary N) is 1. The van der Waals surface area contributed by atoms with Gasteiger partial charge in [-0.1, -0.05) is 27.7 Å². The minimum absolute atomic E-state index is 0.303. The SMILES string of the molecule is CC.CC.CF.Cc1cc(N)c(NCC(C)(C)O)cc1F. The third-order valence-corrected chi connectivity index (χ3v) is 2.04. The molecule has 0 aliphatic rings. The topological polar surface area (TPSA) is 58.3 Å². The summed E-state index contributed by atoms with van der Waals surface area (Å²) in [5.74, 6) is -0.303. The monoisotopic (exact) mass is 306 g/mol. The zero-order valence-corrected chi connectivity index (χ0v) is 14.6. The predicted octanol–water partition coefficient (Wildman–Crippen LogP) is 4.54. The molecule has 0 bridgehead atoms. The average molecular weight is 306 g/mol.